The largest absolute Gasteiger partial charge is 0.508 e. The molecule has 1 aromatic carbocycles. The van der Waals surface area contributed by atoms with E-state index in [0.717, 1.165) is 5.56 Å². The Hall–Kier alpha value is -2.34. The van der Waals surface area contributed by atoms with Crippen LogP contribution in [0.15, 0.2) is 30.4 Å². The maximum Gasteiger partial charge on any atom is 0.303 e. The van der Waals surface area contributed by atoms with Gasteiger partial charge >= 0.3 is 11.9 Å². The number of ether oxygens (including phenoxy) is 3. The fourth-order valence-electron chi connectivity index (χ4n) is 2.71. The molecule has 0 amide bonds. The number of hydrogen-bond donors (Lipinski definition) is 1. The molecule has 1 heterocycles. The molecule has 1 N–H and O–H groups in total. The van der Waals surface area contributed by atoms with Crippen LogP contribution < -0.4 is 0 Å². The Morgan fingerprint density at radius 3 is 2.42 bits per heavy atom. The molecule has 0 saturated heterocycles. The lowest BCUT2D eigenvalue weighted by Crippen LogP contribution is -2.39. The summed E-state index contributed by atoms with van der Waals surface area (Å²) in [6.07, 6.45) is 1.59. The maximum absolute atomic E-state index is 11.3. The first-order valence-electron chi connectivity index (χ1n) is 8.55. The van der Waals surface area contributed by atoms with Crippen LogP contribution in [0.25, 0.3) is 0 Å². The first-order chi connectivity index (χ1) is 12.1. The molecule has 1 aromatic rings. The van der Waals surface area contributed by atoms with Gasteiger partial charge < -0.3 is 19.3 Å². The average molecular weight is 362 g/mol. The van der Waals surface area contributed by atoms with E-state index in [4.69, 9.17) is 14.2 Å². The lowest BCUT2D eigenvalue weighted by atomic mass is 9.85. The Kier molecular flexibility index (Phi) is 6.08. The number of carbonyl (C=O) groups excluding carboxylic acids is 2. The summed E-state index contributed by atoms with van der Waals surface area (Å²) < 4.78 is 16.2. The van der Waals surface area contributed by atoms with E-state index in [1.54, 1.807) is 18.2 Å². The van der Waals surface area contributed by atoms with Gasteiger partial charge in [0.2, 0.25) is 0 Å². The summed E-state index contributed by atoms with van der Waals surface area (Å²) in [4.78, 5) is 22.4. The van der Waals surface area contributed by atoms with Crippen molar-refractivity contribution < 1.29 is 28.9 Å². The van der Waals surface area contributed by atoms with Crippen molar-refractivity contribution in [3.63, 3.8) is 0 Å². The zero-order chi connectivity index (χ0) is 19.5. The Morgan fingerprint density at radius 1 is 1.15 bits per heavy atom. The van der Waals surface area contributed by atoms with Gasteiger partial charge in [-0.2, -0.15) is 0 Å². The first-order valence-corrected chi connectivity index (χ1v) is 8.55. The van der Waals surface area contributed by atoms with Crippen LogP contribution in [0.1, 0.15) is 51.8 Å². The molecule has 0 unspecified atom stereocenters. The van der Waals surface area contributed by atoms with Crippen LogP contribution in [0.5, 0.6) is 5.75 Å². The second-order valence-corrected chi connectivity index (χ2v) is 7.38. The third kappa shape index (κ3) is 5.08. The predicted molar refractivity (Wildman–Crippen MR) is 95.7 cm³/mol. The molecular weight excluding hydrogens is 336 g/mol. The standard InChI is InChI=1S/C20H26O6/c1-12(21)24-11-19-18(25-13(2)22)9-8-17(26-19)15-10-14(20(3,4)5)6-7-16(15)23/h6-10,17-19,23H,11H2,1-5H3/t17-,18-,19+/m0/s1. The number of esters is 2. The van der Waals surface area contributed by atoms with Crippen molar-refractivity contribution in [2.45, 2.75) is 58.3 Å². The lowest BCUT2D eigenvalue weighted by molar-refractivity contribution is -0.163. The van der Waals surface area contributed by atoms with Crippen molar-refractivity contribution in [2.24, 2.45) is 0 Å². The fraction of sp³-hybridized carbons (Fsp3) is 0.500. The van der Waals surface area contributed by atoms with E-state index in [9.17, 15) is 14.7 Å². The first kappa shape index (κ1) is 20.0. The molecule has 6 nitrogen and oxygen atoms in total. The fourth-order valence-corrected chi connectivity index (χ4v) is 2.71. The van der Waals surface area contributed by atoms with Gasteiger partial charge in [0.25, 0.3) is 0 Å². The minimum atomic E-state index is -0.657. The summed E-state index contributed by atoms with van der Waals surface area (Å²) in [6.45, 7) is 8.81. The van der Waals surface area contributed by atoms with E-state index in [2.05, 4.69) is 20.8 Å². The van der Waals surface area contributed by atoms with Gasteiger partial charge in [-0.05, 0) is 29.2 Å². The Morgan fingerprint density at radius 2 is 1.85 bits per heavy atom. The van der Waals surface area contributed by atoms with Gasteiger partial charge in [0, 0.05) is 19.4 Å². The Labute approximate surface area is 153 Å². The molecule has 26 heavy (non-hydrogen) atoms. The van der Waals surface area contributed by atoms with E-state index in [-0.39, 0.29) is 17.8 Å². The summed E-state index contributed by atoms with van der Waals surface area (Å²) >= 11 is 0. The van der Waals surface area contributed by atoms with Gasteiger partial charge in [0.15, 0.2) is 0 Å². The third-order valence-electron chi connectivity index (χ3n) is 4.12. The number of phenols is 1. The third-order valence-corrected chi connectivity index (χ3v) is 4.12. The van der Waals surface area contributed by atoms with E-state index in [0.29, 0.717) is 5.56 Å². The molecule has 0 bridgehead atoms. The molecule has 0 aliphatic carbocycles. The van der Waals surface area contributed by atoms with Crippen molar-refractivity contribution >= 4 is 11.9 Å². The maximum atomic E-state index is 11.3. The molecule has 1 aliphatic heterocycles. The molecule has 0 fully saturated rings. The molecule has 2 rings (SSSR count). The van der Waals surface area contributed by atoms with Crippen LogP contribution >= 0.6 is 0 Å². The number of aromatic hydroxyl groups is 1. The quantitative estimate of drug-likeness (QED) is 0.654. The summed E-state index contributed by atoms with van der Waals surface area (Å²) in [7, 11) is 0. The minimum Gasteiger partial charge on any atom is -0.508 e. The summed E-state index contributed by atoms with van der Waals surface area (Å²) in [5.41, 5.74) is 1.59. The van der Waals surface area contributed by atoms with Crippen molar-refractivity contribution in [3.05, 3.63) is 41.5 Å². The second kappa shape index (κ2) is 7.91. The number of rotatable bonds is 4. The van der Waals surface area contributed by atoms with E-state index in [1.165, 1.54) is 13.8 Å². The SMILES string of the molecule is CC(=O)OC[C@H]1O[C@H](c2cc(C(C)(C)C)ccc2O)C=C[C@@H]1OC(C)=O. The van der Waals surface area contributed by atoms with Gasteiger partial charge in [-0.3, -0.25) is 9.59 Å². The molecule has 6 heteroatoms. The highest BCUT2D eigenvalue weighted by atomic mass is 16.6. The lowest BCUT2D eigenvalue weighted by Gasteiger charge is -2.32. The van der Waals surface area contributed by atoms with Gasteiger partial charge in [0.1, 0.15) is 30.7 Å². The summed E-state index contributed by atoms with van der Waals surface area (Å²) in [5, 5.41) is 10.3. The molecule has 0 spiro atoms. The minimum absolute atomic E-state index is 0.0478. The Balaban J connectivity index is 2.30. The monoisotopic (exact) mass is 362 g/mol. The van der Waals surface area contributed by atoms with Crippen LogP contribution in [0, 0.1) is 0 Å². The Bertz CT molecular complexity index is 701. The highest BCUT2D eigenvalue weighted by Gasteiger charge is 2.32. The summed E-state index contributed by atoms with van der Waals surface area (Å²) in [5.74, 6) is -0.782. The average Bonchev–Trinajstić information content (AvgIpc) is 2.52. The molecule has 1 aliphatic rings. The number of carbonyl (C=O) groups is 2. The van der Waals surface area contributed by atoms with Crippen molar-refractivity contribution in [2.75, 3.05) is 6.61 Å². The normalized spacial score (nSPS) is 22.7. The highest BCUT2D eigenvalue weighted by molar-refractivity contribution is 5.67. The van der Waals surface area contributed by atoms with Crippen LogP contribution in [0.2, 0.25) is 0 Å². The van der Waals surface area contributed by atoms with Gasteiger partial charge in [0.05, 0.1) is 0 Å². The number of hydrogen-bond acceptors (Lipinski definition) is 6. The summed E-state index contributed by atoms with van der Waals surface area (Å²) in [6, 6.07) is 5.43. The topological polar surface area (TPSA) is 82.1 Å². The molecular formula is C20H26O6. The number of phenolic OH excluding ortho intramolecular Hbond substituents is 1. The highest BCUT2D eigenvalue weighted by Crippen LogP contribution is 2.36. The molecule has 0 aromatic heterocycles. The van der Waals surface area contributed by atoms with E-state index < -0.39 is 30.3 Å². The predicted octanol–water partition coefficient (Wildman–Crippen LogP) is 3.18. The van der Waals surface area contributed by atoms with Gasteiger partial charge in [-0.25, -0.2) is 0 Å². The second-order valence-electron chi connectivity index (χ2n) is 7.38. The molecule has 3 atom stereocenters. The van der Waals surface area contributed by atoms with Crippen LogP contribution in [0.4, 0.5) is 0 Å². The zero-order valence-corrected chi connectivity index (χ0v) is 15.8. The van der Waals surface area contributed by atoms with E-state index >= 15 is 0 Å². The molecule has 142 valence electrons. The van der Waals surface area contributed by atoms with Crippen molar-refractivity contribution in [1.82, 2.24) is 0 Å². The van der Waals surface area contributed by atoms with Gasteiger partial charge in [-0.15, -0.1) is 0 Å². The smallest absolute Gasteiger partial charge is 0.303 e. The van der Waals surface area contributed by atoms with Gasteiger partial charge in [-0.1, -0.05) is 32.9 Å². The van der Waals surface area contributed by atoms with E-state index in [1.807, 2.05) is 12.1 Å². The molecule has 0 saturated carbocycles. The zero-order valence-electron chi connectivity index (χ0n) is 15.8. The van der Waals surface area contributed by atoms with Crippen LogP contribution in [-0.4, -0.2) is 35.9 Å². The van der Waals surface area contributed by atoms with Crippen molar-refractivity contribution in [3.8, 4) is 5.75 Å². The van der Waals surface area contributed by atoms with Crippen LogP contribution in [0.3, 0.4) is 0 Å². The van der Waals surface area contributed by atoms with Crippen LogP contribution in [-0.2, 0) is 29.2 Å². The number of benzene rings is 1. The van der Waals surface area contributed by atoms with Crippen molar-refractivity contribution in [1.29, 1.82) is 0 Å². The molecule has 0 radical (unpaired) electrons.